The number of ether oxygens (including phenoxy) is 1. The monoisotopic (exact) mass is 362 g/mol. The van der Waals surface area contributed by atoms with E-state index in [0.717, 1.165) is 34.7 Å². The zero-order valence-corrected chi connectivity index (χ0v) is 13.9. The maximum Gasteiger partial charge on any atom is 0.251 e. The summed E-state index contributed by atoms with van der Waals surface area (Å²) in [6.07, 6.45) is 4.36. The van der Waals surface area contributed by atoms with Crippen LogP contribution < -0.4 is 10.1 Å². The summed E-state index contributed by atoms with van der Waals surface area (Å²) in [6.45, 7) is 3.95. The highest BCUT2D eigenvalue weighted by atomic mass is 79.9. The standard InChI is InChI=1S/C17H19BrN2O2/c18-15-4-6-22-16-2-1-12(8-14(15)16)17(21)19-13-7-11-3-5-20(9-11)10-13/h1-2,4,8,11,13H,3,5-7,9-10H2,(H,19,21)/t11-,13-/m1/s1. The molecule has 4 rings (SSSR count). The van der Waals surface area contributed by atoms with E-state index in [2.05, 4.69) is 26.1 Å². The van der Waals surface area contributed by atoms with Gasteiger partial charge in [-0.2, -0.15) is 0 Å². The molecule has 2 bridgehead atoms. The lowest BCUT2D eigenvalue weighted by Crippen LogP contribution is -2.47. The molecule has 1 aromatic rings. The largest absolute Gasteiger partial charge is 0.489 e. The Morgan fingerprint density at radius 2 is 2.27 bits per heavy atom. The van der Waals surface area contributed by atoms with Crippen LogP contribution in [0, 0.1) is 5.92 Å². The first-order valence-electron chi connectivity index (χ1n) is 7.85. The molecule has 3 aliphatic heterocycles. The second-order valence-corrected chi connectivity index (χ2v) is 7.25. The smallest absolute Gasteiger partial charge is 0.251 e. The molecule has 0 spiro atoms. The first-order valence-corrected chi connectivity index (χ1v) is 8.64. The summed E-state index contributed by atoms with van der Waals surface area (Å²) in [5.41, 5.74) is 1.65. The van der Waals surface area contributed by atoms with E-state index in [1.165, 1.54) is 19.5 Å². The molecule has 0 radical (unpaired) electrons. The van der Waals surface area contributed by atoms with Crippen LogP contribution in [0.5, 0.6) is 5.75 Å². The maximum absolute atomic E-state index is 12.5. The SMILES string of the molecule is O=C(N[C@@H]1C[C@H]2CCN(C2)C1)c1ccc2c(c1)C(Br)=CCO2. The molecule has 2 saturated heterocycles. The fourth-order valence-electron chi connectivity index (χ4n) is 3.73. The van der Waals surface area contributed by atoms with Crippen molar-refractivity contribution in [3.05, 3.63) is 35.4 Å². The van der Waals surface area contributed by atoms with Crippen molar-refractivity contribution in [3.63, 3.8) is 0 Å². The number of carbonyl (C=O) groups excluding carboxylic acids is 1. The molecule has 0 saturated carbocycles. The highest BCUT2D eigenvalue weighted by Crippen LogP contribution is 2.34. The van der Waals surface area contributed by atoms with Gasteiger partial charge in [-0.25, -0.2) is 0 Å². The van der Waals surface area contributed by atoms with Gasteiger partial charge in [-0.05, 0) is 49.6 Å². The van der Waals surface area contributed by atoms with Crippen LogP contribution in [0.1, 0.15) is 28.8 Å². The number of nitrogens with one attached hydrogen (secondary N) is 1. The third-order valence-corrected chi connectivity index (χ3v) is 5.55. The summed E-state index contributed by atoms with van der Waals surface area (Å²) < 4.78 is 6.56. The van der Waals surface area contributed by atoms with Crippen LogP contribution >= 0.6 is 15.9 Å². The van der Waals surface area contributed by atoms with Crippen molar-refractivity contribution in [3.8, 4) is 5.75 Å². The van der Waals surface area contributed by atoms with Gasteiger partial charge in [0.1, 0.15) is 12.4 Å². The van der Waals surface area contributed by atoms with Crippen molar-refractivity contribution in [2.45, 2.75) is 18.9 Å². The first-order chi connectivity index (χ1) is 10.7. The van der Waals surface area contributed by atoms with Gasteiger partial charge in [-0.3, -0.25) is 4.79 Å². The summed E-state index contributed by atoms with van der Waals surface area (Å²) in [7, 11) is 0. The summed E-state index contributed by atoms with van der Waals surface area (Å²) in [5.74, 6) is 1.60. The van der Waals surface area contributed by atoms with Gasteiger partial charge in [0, 0.05) is 34.7 Å². The topological polar surface area (TPSA) is 41.6 Å². The van der Waals surface area contributed by atoms with Gasteiger partial charge in [-0.15, -0.1) is 0 Å². The molecule has 4 nitrogen and oxygen atoms in total. The average molecular weight is 363 g/mol. The minimum absolute atomic E-state index is 0.0150. The molecule has 5 heteroatoms. The fourth-order valence-corrected chi connectivity index (χ4v) is 4.17. The molecule has 1 unspecified atom stereocenters. The van der Waals surface area contributed by atoms with Crippen LogP contribution in [0.2, 0.25) is 0 Å². The summed E-state index contributed by atoms with van der Waals surface area (Å²) in [5, 5.41) is 3.20. The molecule has 0 aliphatic carbocycles. The Labute approximate surface area is 138 Å². The minimum Gasteiger partial charge on any atom is -0.489 e. The number of halogens is 1. The Bertz CT molecular complexity index is 632. The molecule has 3 aliphatic rings. The number of nitrogens with zero attached hydrogens (tertiary/aromatic N) is 1. The van der Waals surface area contributed by atoms with E-state index in [4.69, 9.17) is 4.74 Å². The van der Waals surface area contributed by atoms with Gasteiger partial charge in [0.25, 0.3) is 5.91 Å². The quantitative estimate of drug-likeness (QED) is 0.879. The number of piperidine rings is 1. The van der Waals surface area contributed by atoms with Crippen molar-refractivity contribution in [2.24, 2.45) is 5.92 Å². The maximum atomic E-state index is 12.5. The molecule has 2 fully saturated rings. The molecule has 3 heterocycles. The third kappa shape index (κ3) is 2.68. The van der Waals surface area contributed by atoms with Gasteiger partial charge in [0.05, 0.1) is 0 Å². The van der Waals surface area contributed by atoms with Crippen LogP contribution in [-0.4, -0.2) is 43.1 Å². The number of fused-ring (bicyclic) bond motifs is 3. The van der Waals surface area contributed by atoms with Crippen molar-refractivity contribution >= 4 is 26.3 Å². The van der Waals surface area contributed by atoms with E-state index in [1.807, 2.05) is 24.3 Å². The summed E-state index contributed by atoms with van der Waals surface area (Å²) >= 11 is 3.54. The number of amides is 1. The van der Waals surface area contributed by atoms with Crippen molar-refractivity contribution < 1.29 is 9.53 Å². The first kappa shape index (κ1) is 14.3. The van der Waals surface area contributed by atoms with Crippen molar-refractivity contribution in [1.29, 1.82) is 0 Å². The third-order valence-electron chi connectivity index (χ3n) is 4.80. The zero-order valence-electron chi connectivity index (χ0n) is 12.3. The van der Waals surface area contributed by atoms with E-state index >= 15 is 0 Å². The van der Waals surface area contributed by atoms with Crippen molar-refractivity contribution in [2.75, 3.05) is 26.2 Å². The second-order valence-electron chi connectivity index (χ2n) is 6.39. The second kappa shape index (κ2) is 5.70. The van der Waals surface area contributed by atoms with Crippen LogP contribution in [0.3, 0.4) is 0 Å². The Morgan fingerprint density at radius 1 is 1.36 bits per heavy atom. The normalized spacial score (nSPS) is 29.3. The average Bonchev–Trinajstić information content (AvgIpc) is 2.86. The summed E-state index contributed by atoms with van der Waals surface area (Å²) in [4.78, 5) is 15.0. The molecule has 1 amide bonds. The van der Waals surface area contributed by atoms with E-state index in [9.17, 15) is 4.79 Å². The van der Waals surface area contributed by atoms with Crippen LogP contribution in [0.15, 0.2) is 24.3 Å². The Kier molecular flexibility index (Phi) is 3.70. The number of benzene rings is 1. The van der Waals surface area contributed by atoms with Crippen LogP contribution in [-0.2, 0) is 0 Å². The minimum atomic E-state index is 0.0150. The molecule has 1 N–H and O–H groups in total. The van der Waals surface area contributed by atoms with Gasteiger partial charge < -0.3 is 15.0 Å². The predicted octanol–water partition coefficient (Wildman–Crippen LogP) is 2.64. The molecule has 22 heavy (non-hydrogen) atoms. The Hall–Kier alpha value is -1.33. The number of carbonyl (C=O) groups is 1. The fraction of sp³-hybridized carbons (Fsp3) is 0.471. The molecular weight excluding hydrogens is 344 g/mol. The van der Waals surface area contributed by atoms with Gasteiger partial charge >= 0.3 is 0 Å². The molecule has 0 aromatic heterocycles. The lowest BCUT2D eigenvalue weighted by Gasteiger charge is -2.30. The molecular formula is C17H19BrN2O2. The number of hydrogen-bond donors (Lipinski definition) is 1. The molecule has 1 aromatic carbocycles. The van der Waals surface area contributed by atoms with Gasteiger partial charge in [0.15, 0.2) is 0 Å². The van der Waals surface area contributed by atoms with Gasteiger partial charge in [-0.1, -0.05) is 15.9 Å². The lowest BCUT2D eigenvalue weighted by atomic mass is 9.96. The van der Waals surface area contributed by atoms with Crippen LogP contribution in [0.4, 0.5) is 0 Å². The van der Waals surface area contributed by atoms with Crippen LogP contribution in [0.25, 0.3) is 4.48 Å². The van der Waals surface area contributed by atoms with E-state index in [-0.39, 0.29) is 11.9 Å². The predicted molar refractivity (Wildman–Crippen MR) is 89.3 cm³/mol. The van der Waals surface area contributed by atoms with E-state index in [0.29, 0.717) is 12.2 Å². The zero-order chi connectivity index (χ0) is 15.1. The molecule has 3 atom stereocenters. The summed E-state index contributed by atoms with van der Waals surface area (Å²) in [6, 6.07) is 5.91. The number of rotatable bonds is 2. The van der Waals surface area contributed by atoms with Gasteiger partial charge in [0.2, 0.25) is 0 Å². The highest BCUT2D eigenvalue weighted by molar-refractivity contribution is 9.15. The Balaban J connectivity index is 1.49. The van der Waals surface area contributed by atoms with E-state index < -0.39 is 0 Å². The lowest BCUT2D eigenvalue weighted by molar-refractivity contribution is 0.0909. The highest BCUT2D eigenvalue weighted by Gasteiger charge is 2.33. The Morgan fingerprint density at radius 3 is 3.14 bits per heavy atom. The molecule has 116 valence electrons. The van der Waals surface area contributed by atoms with E-state index in [1.54, 1.807) is 0 Å². The number of hydrogen-bond acceptors (Lipinski definition) is 3. The van der Waals surface area contributed by atoms with Crippen molar-refractivity contribution in [1.82, 2.24) is 10.2 Å².